The molecule has 0 bridgehead atoms. The van der Waals surface area contributed by atoms with Crippen LogP contribution in [0.2, 0.25) is 0 Å². The minimum Gasteiger partial charge on any atom is -0.497 e. The molecular formula is C26H29N3O2S. The molecule has 5 nitrogen and oxygen atoms in total. The molecule has 1 aliphatic carbocycles. The number of hydrogen-bond acceptors (Lipinski definition) is 4. The first-order chi connectivity index (χ1) is 15.6. The van der Waals surface area contributed by atoms with Crippen LogP contribution in [0.5, 0.6) is 11.5 Å². The van der Waals surface area contributed by atoms with Crippen molar-refractivity contribution in [3.63, 3.8) is 0 Å². The van der Waals surface area contributed by atoms with Gasteiger partial charge in [0.15, 0.2) is 5.11 Å². The maximum atomic E-state index is 5.72. The molecule has 6 heteroatoms. The summed E-state index contributed by atoms with van der Waals surface area (Å²) in [5.41, 5.74) is 4.74. The normalized spacial score (nSPS) is 21.0. The van der Waals surface area contributed by atoms with Crippen LogP contribution in [0, 0.1) is 5.92 Å². The highest BCUT2D eigenvalue weighted by Gasteiger charge is 2.42. The minimum absolute atomic E-state index is 0.0558. The van der Waals surface area contributed by atoms with Crippen molar-refractivity contribution in [2.75, 3.05) is 20.8 Å². The second kappa shape index (κ2) is 10.0. The first-order valence-electron chi connectivity index (χ1n) is 10.9. The summed E-state index contributed by atoms with van der Waals surface area (Å²) in [6, 6.07) is 16.4. The van der Waals surface area contributed by atoms with Gasteiger partial charge in [0.2, 0.25) is 0 Å². The first kappa shape index (κ1) is 22.1. The largest absolute Gasteiger partial charge is 0.497 e. The third-order valence-electron chi connectivity index (χ3n) is 6.02. The van der Waals surface area contributed by atoms with Crippen molar-refractivity contribution in [3.05, 3.63) is 77.9 Å². The highest BCUT2D eigenvalue weighted by atomic mass is 32.1. The number of ether oxygens (including phenoxy) is 2. The van der Waals surface area contributed by atoms with Crippen LogP contribution >= 0.6 is 12.2 Å². The highest BCUT2D eigenvalue weighted by molar-refractivity contribution is 7.80. The Morgan fingerprint density at radius 2 is 1.78 bits per heavy atom. The molecule has 0 saturated heterocycles. The minimum atomic E-state index is 0.0558. The van der Waals surface area contributed by atoms with Crippen LogP contribution in [0.4, 0.5) is 0 Å². The second-order valence-electron chi connectivity index (χ2n) is 7.96. The van der Waals surface area contributed by atoms with Gasteiger partial charge in [-0.15, -0.1) is 6.58 Å². The van der Waals surface area contributed by atoms with Crippen LogP contribution < -0.4 is 14.8 Å². The Labute approximate surface area is 195 Å². The van der Waals surface area contributed by atoms with E-state index in [-0.39, 0.29) is 12.0 Å². The molecule has 2 aromatic rings. The van der Waals surface area contributed by atoms with Gasteiger partial charge in [0, 0.05) is 12.5 Å². The second-order valence-corrected chi connectivity index (χ2v) is 8.35. The number of hydrazone groups is 1. The van der Waals surface area contributed by atoms with Crippen molar-refractivity contribution in [2.45, 2.75) is 25.3 Å². The average molecular weight is 448 g/mol. The number of benzene rings is 2. The maximum absolute atomic E-state index is 5.72. The molecule has 32 heavy (non-hydrogen) atoms. The molecule has 0 radical (unpaired) electrons. The summed E-state index contributed by atoms with van der Waals surface area (Å²) < 4.78 is 10.6. The van der Waals surface area contributed by atoms with E-state index in [9.17, 15) is 0 Å². The predicted molar refractivity (Wildman–Crippen MR) is 134 cm³/mol. The number of rotatable bonds is 6. The molecule has 2 aliphatic rings. The van der Waals surface area contributed by atoms with Crippen LogP contribution in [0.3, 0.4) is 0 Å². The Bertz CT molecular complexity index is 1030. The molecule has 0 spiro atoms. The SMILES string of the molecule is C=CCNC(=S)N1N=C2/C(=C/c3ccc(OC)cc3)CCC[C@@H]2[C@@H]1c1ccc(OC)cc1. The van der Waals surface area contributed by atoms with Crippen LogP contribution in [-0.4, -0.2) is 36.6 Å². The monoisotopic (exact) mass is 447 g/mol. The number of thiocarbonyl (C=S) groups is 1. The lowest BCUT2D eigenvalue weighted by molar-refractivity contribution is 0.300. The fraction of sp³-hybridized carbons (Fsp3) is 0.308. The molecule has 2 atom stereocenters. The van der Waals surface area contributed by atoms with Gasteiger partial charge in [-0.2, -0.15) is 5.10 Å². The molecule has 1 N–H and O–H groups in total. The Morgan fingerprint density at radius 1 is 1.12 bits per heavy atom. The van der Waals surface area contributed by atoms with E-state index in [1.54, 1.807) is 20.3 Å². The van der Waals surface area contributed by atoms with E-state index in [2.05, 4.69) is 42.2 Å². The summed E-state index contributed by atoms with van der Waals surface area (Å²) in [6.07, 6.45) is 7.27. The van der Waals surface area contributed by atoms with Crippen LogP contribution in [-0.2, 0) is 0 Å². The summed E-state index contributed by atoms with van der Waals surface area (Å²) in [7, 11) is 3.37. The molecule has 0 amide bonds. The van der Waals surface area contributed by atoms with Gasteiger partial charge in [-0.05, 0) is 78.5 Å². The topological polar surface area (TPSA) is 46.1 Å². The molecule has 1 heterocycles. The number of allylic oxidation sites excluding steroid dienone is 1. The fourth-order valence-corrected chi connectivity index (χ4v) is 4.68. The summed E-state index contributed by atoms with van der Waals surface area (Å²) in [5.74, 6) is 1.98. The van der Waals surface area contributed by atoms with Crippen molar-refractivity contribution in [3.8, 4) is 11.5 Å². The zero-order valence-electron chi connectivity index (χ0n) is 18.6. The van der Waals surface area contributed by atoms with Gasteiger partial charge >= 0.3 is 0 Å². The van der Waals surface area contributed by atoms with E-state index in [1.165, 1.54) is 11.1 Å². The standard InChI is InChI=1S/C26H29N3O2S/c1-4-16-27-26(32)29-25(19-10-14-22(31-3)15-11-19)23-7-5-6-20(24(23)28-29)17-18-8-12-21(30-2)13-9-18/h4,8-15,17,23,25H,1,5-7,16H2,2-3H3,(H,27,32)/b20-17+/t23-,25-/m0/s1. The lowest BCUT2D eigenvalue weighted by Gasteiger charge is -2.30. The van der Waals surface area contributed by atoms with Gasteiger partial charge in [-0.25, -0.2) is 5.01 Å². The van der Waals surface area contributed by atoms with Crippen LogP contribution in [0.1, 0.15) is 36.4 Å². The van der Waals surface area contributed by atoms with E-state index in [0.717, 1.165) is 42.0 Å². The van der Waals surface area contributed by atoms with Gasteiger partial charge in [0.1, 0.15) is 11.5 Å². The highest BCUT2D eigenvalue weighted by Crippen LogP contribution is 2.44. The number of methoxy groups -OCH3 is 2. The lowest BCUT2D eigenvalue weighted by atomic mass is 9.77. The lowest BCUT2D eigenvalue weighted by Crippen LogP contribution is -2.38. The quantitative estimate of drug-likeness (QED) is 0.477. The number of nitrogens with one attached hydrogen (secondary N) is 1. The van der Waals surface area contributed by atoms with E-state index in [1.807, 2.05) is 29.3 Å². The van der Waals surface area contributed by atoms with Crippen molar-refractivity contribution in [1.29, 1.82) is 0 Å². The van der Waals surface area contributed by atoms with E-state index in [0.29, 0.717) is 11.7 Å². The Hall–Kier alpha value is -3.12. The van der Waals surface area contributed by atoms with Crippen LogP contribution in [0.25, 0.3) is 6.08 Å². The van der Waals surface area contributed by atoms with E-state index in [4.69, 9.17) is 26.8 Å². The van der Waals surface area contributed by atoms with Gasteiger partial charge in [-0.1, -0.05) is 30.3 Å². The molecule has 0 aromatic heterocycles. The molecule has 0 unspecified atom stereocenters. The Morgan fingerprint density at radius 3 is 2.41 bits per heavy atom. The molecule has 166 valence electrons. The predicted octanol–water partition coefficient (Wildman–Crippen LogP) is 5.36. The van der Waals surface area contributed by atoms with Gasteiger partial charge in [0.05, 0.1) is 26.0 Å². The summed E-state index contributed by atoms with van der Waals surface area (Å²) in [4.78, 5) is 0. The van der Waals surface area contributed by atoms with Gasteiger partial charge in [0.25, 0.3) is 0 Å². The first-order valence-corrected chi connectivity index (χ1v) is 11.3. The fourth-order valence-electron chi connectivity index (χ4n) is 4.44. The Balaban J connectivity index is 1.69. The average Bonchev–Trinajstić information content (AvgIpc) is 3.24. The summed E-state index contributed by atoms with van der Waals surface area (Å²) in [6.45, 7) is 4.40. The maximum Gasteiger partial charge on any atom is 0.190 e. The van der Waals surface area contributed by atoms with Crippen molar-refractivity contribution in [1.82, 2.24) is 10.3 Å². The van der Waals surface area contributed by atoms with Gasteiger partial charge in [-0.3, -0.25) is 0 Å². The summed E-state index contributed by atoms with van der Waals surface area (Å²) >= 11 is 5.72. The van der Waals surface area contributed by atoms with Gasteiger partial charge < -0.3 is 14.8 Å². The van der Waals surface area contributed by atoms with Crippen molar-refractivity contribution in [2.24, 2.45) is 11.0 Å². The zero-order valence-corrected chi connectivity index (χ0v) is 19.4. The van der Waals surface area contributed by atoms with Crippen molar-refractivity contribution < 1.29 is 9.47 Å². The molecule has 2 aromatic carbocycles. The van der Waals surface area contributed by atoms with E-state index < -0.39 is 0 Å². The zero-order chi connectivity index (χ0) is 22.5. The third-order valence-corrected chi connectivity index (χ3v) is 6.35. The number of hydrogen-bond donors (Lipinski definition) is 1. The summed E-state index contributed by atoms with van der Waals surface area (Å²) in [5, 5.41) is 10.9. The molecule has 1 saturated carbocycles. The third kappa shape index (κ3) is 4.55. The Kier molecular flexibility index (Phi) is 6.90. The smallest absolute Gasteiger partial charge is 0.190 e. The molecule has 1 aliphatic heterocycles. The van der Waals surface area contributed by atoms with E-state index >= 15 is 0 Å². The molecular weight excluding hydrogens is 418 g/mol. The van der Waals surface area contributed by atoms with Crippen molar-refractivity contribution >= 4 is 29.1 Å². The number of fused-ring (bicyclic) bond motifs is 1. The molecule has 1 fully saturated rings. The van der Waals surface area contributed by atoms with Crippen LogP contribution in [0.15, 0.2) is 71.9 Å². The molecule has 4 rings (SSSR count). The number of nitrogens with zero attached hydrogens (tertiary/aromatic N) is 2.